The first kappa shape index (κ1) is 52.5. The van der Waals surface area contributed by atoms with Crippen molar-refractivity contribution in [2.45, 2.75) is 200 Å². The maximum Gasteiger partial charge on any atom is 0.472 e. The minimum Gasteiger partial charge on any atom is -0.462 e. The summed E-state index contributed by atoms with van der Waals surface area (Å²) in [6.45, 7) is 4.40. The van der Waals surface area contributed by atoms with Gasteiger partial charge in [-0.25, -0.2) is 4.57 Å². The van der Waals surface area contributed by atoms with Gasteiger partial charge in [0, 0.05) is 12.8 Å². The summed E-state index contributed by atoms with van der Waals surface area (Å²) in [5.41, 5.74) is 0. The number of ether oxygens (including phenoxy) is 2. The number of phosphoric ester groups is 1. The molecule has 0 amide bonds. The second kappa shape index (κ2) is 37.1. The van der Waals surface area contributed by atoms with E-state index in [0.29, 0.717) is 17.4 Å². The molecule has 0 saturated heterocycles. The zero-order valence-corrected chi connectivity index (χ0v) is 36.6. The standard InChI is InChI=1S/C44H84NO8P/c1-6-8-10-12-14-16-18-20-22-24-26-28-30-32-34-36-43(46)50-40-42(41-52-54(48,49)51-39-38-45(3,4)5)53-44(47)37-35-33-31-29-27-25-23-21-19-17-15-13-11-9-7-2/h16,18,21,23,42H,6-15,17,19-20,22,24-41H2,1-5H3/p+1/b18-16+,23-21+/t42-/m1/s1. The Balaban J connectivity index is 4.37. The second-order valence-electron chi connectivity index (χ2n) is 16.1. The van der Waals surface area contributed by atoms with Crippen LogP contribution < -0.4 is 0 Å². The maximum absolute atomic E-state index is 12.7. The van der Waals surface area contributed by atoms with Crippen LogP contribution in [0.5, 0.6) is 0 Å². The van der Waals surface area contributed by atoms with Gasteiger partial charge >= 0.3 is 19.8 Å². The number of nitrogens with zero attached hydrogens (tertiary/aromatic N) is 1. The minimum absolute atomic E-state index is 0.0306. The summed E-state index contributed by atoms with van der Waals surface area (Å²) in [5, 5.41) is 0. The van der Waals surface area contributed by atoms with E-state index in [1.54, 1.807) is 0 Å². The Morgan fingerprint density at radius 3 is 1.39 bits per heavy atom. The third kappa shape index (κ3) is 40.2. The number of hydrogen-bond acceptors (Lipinski definition) is 7. The van der Waals surface area contributed by atoms with Crippen LogP contribution >= 0.6 is 7.82 Å². The predicted molar refractivity (Wildman–Crippen MR) is 224 cm³/mol. The molecule has 9 nitrogen and oxygen atoms in total. The average Bonchev–Trinajstić information content (AvgIpc) is 3.12. The molecule has 1 unspecified atom stereocenters. The number of allylic oxidation sites excluding steroid dienone is 4. The lowest BCUT2D eigenvalue weighted by Gasteiger charge is -2.24. The summed E-state index contributed by atoms with van der Waals surface area (Å²) in [7, 11) is 1.47. The Morgan fingerprint density at radius 1 is 0.556 bits per heavy atom. The summed E-state index contributed by atoms with van der Waals surface area (Å²) >= 11 is 0. The first-order chi connectivity index (χ1) is 26.0. The lowest BCUT2D eigenvalue weighted by Crippen LogP contribution is -2.37. The van der Waals surface area contributed by atoms with Crippen LogP contribution in [0.4, 0.5) is 0 Å². The number of phosphoric acid groups is 1. The monoisotopic (exact) mass is 787 g/mol. The van der Waals surface area contributed by atoms with E-state index in [4.69, 9.17) is 18.5 Å². The highest BCUT2D eigenvalue weighted by Crippen LogP contribution is 2.43. The van der Waals surface area contributed by atoms with E-state index >= 15 is 0 Å². The van der Waals surface area contributed by atoms with E-state index in [0.717, 1.165) is 57.8 Å². The number of carbonyl (C=O) groups excluding carboxylic acids is 2. The van der Waals surface area contributed by atoms with Gasteiger partial charge in [0.05, 0.1) is 27.7 Å². The van der Waals surface area contributed by atoms with Crippen LogP contribution in [0.1, 0.15) is 194 Å². The van der Waals surface area contributed by atoms with Gasteiger partial charge in [0.2, 0.25) is 0 Å². The predicted octanol–water partition coefficient (Wildman–Crippen LogP) is 12.4. The van der Waals surface area contributed by atoms with Crippen molar-refractivity contribution < 1.29 is 42.1 Å². The third-order valence-electron chi connectivity index (χ3n) is 9.45. The van der Waals surface area contributed by atoms with Crippen molar-refractivity contribution in [2.24, 2.45) is 0 Å². The van der Waals surface area contributed by atoms with Gasteiger partial charge in [-0.3, -0.25) is 18.6 Å². The quantitative estimate of drug-likeness (QED) is 0.0215. The molecule has 0 aromatic carbocycles. The van der Waals surface area contributed by atoms with Crippen molar-refractivity contribution in [1.82, 2.24) is 0 Å². The molecule has 318 valence electrons. The molecule has 1 N–H and O–H groups in total. The van der Waals surface area contributed by atoms with Crippen LogP contribution in [0.3, 0.4) is 0 Å². The van der Waals surface area contributed by atoms with Gasteiger partial charge in [-0.1, -0.05) is 141 Å². The van der Waals surface area contributed by atoms with Gasteiger partial charge in [0.1, 0.15) is 19.8 Å². The Hall–Kier alpha value is -1.51. The molecule has 54 heavy (non-hydrogen) atoms. The number of rotatable bonds is 40. The minimum atomic E-state index is -4.37. The molecule has 0 bridgehead atoms. The Kier molecular flexibility index (Phi) is 36.1. The van der Waals surface area contributed by atoms with E-state index < -0.39 is 26.5 Å². The summed E-state index contributed by atoms with van der Waals surface area (Å²) in [6, 6.07) is 0. The number of hydrogen-bond donors (Lipinski definition) is 1. The summed E-state index contributed by atoms with van der Waals surface area (Å²) in [5.74, 6) is -0.810. The smallest absolute Gasteiger partial charge is 0.462 e. The molecular weight excluding hydrogens is 701 g/mol. The summed E-state index contributed by atoms with van der Waals surface area (Å²) < 4.78 is 34.3. The highest BCUT2D eigenvalue weighted by molar-refractivity contribution is 7.47. The molecule has 0 aliphatic carbocycles. The van der Waals surface area contributed by atoms with Gasteiger partial charge in [0.15, 0.2) is 6.10 Å². The van der Waals surface area contributed by atoms with Crippen LogP contribution in [0, 0.1) is 0 Å². The number of likely N-dealkylation sites (N-methyl/N-ethyl adjacent to an activating group) is 1. The highest BCUT2D eigenvalue weighted by atomic mass is 31.2. The van der Waals surface area contributed by atoms with Gasteiger partial charge in [-0.05, 0) is 64.2 Å². The Morgan fingerprint density at radius 2 is 0.944 bits per heavy atom. The molecule has 2 atom stereocenters. The van der Waals surface area contributed by atoms with Crippen molar-refractivity contribution in [3.05, 3.63) is 24.3 Å². The van der Waals surface area contributed by atoms with Crippen LogP contribution in [0.25, 0.3) is 0 Å². The SMILES string of the molecule is CCCCCC/C=C/CCCCCCCCCC(=O)OC[C@H](COP(=O)(O)OCC[N+](C)(C)C)OC(=O)CCCCCCC/C=C/CCCCCCCC. The fraction of sp³-hybridized carbons (Fsp3) is 0.864. The normalized spacial score (nSPS) is 13.8. The van der Waals surface area contributed by atoms with Gasteiger partial charge < -0.3 is 18.9 Å². The van der Waals surface area contributed by atoms with Crippen molar-refractivity contribution >= 4 is 19.8 Å². The largest absolute Gasteiger partial charge is 0.472 e. The molecule has 0 saturated carbocycles. The first-order valence-electron chi connectivity index (χ1n) is 22.1. The molecule has 0 spiro atoms. The first-order valence-corrected chi connectivity index (χ1v) is 23.6. The average molecular weight is 787 g/mol. The van der Waals surface area contributed by atoms with Crippen LogP contribution in [0.15, 0.2) is 24.3 Å². The van der Waals surface area contributed by atoms with Gasteiger partial charge in [-0.15, -0.1) is 0 Å². The van der Waals surface area contributed by atoms with Crippen molar-refractivity contribution in [3.8, 4) is 0 Å². The maximum atomic E-state index is 12.7. The zero-order chi connectivity index (χ0) is 40.0. The Bertz CT molecular complexity index is 980. The van der Waals surface area contributed by atoms with E-state index in [9.17, 15) is 19.0 Å². The molecule has 0 aliphatic rings. The lowest BCUT2D eigenvalue weighted by atomic mass is 10.1. The summed E-state index contributed by atoms with van der Waals surface area (Å²) in [6.07, 6.45) is 39.3. The molecule has 0 heterocycles. The summed E-state index contributed by atoms with van der Waals surface area (Å²) in [4.78, 5) is 35.3. The van der Waals surface area contributed by atoms with Crippen molar-refractivity contribution in [1.29, 1.82) is 0 Å². The van der Waals surface area contributed by atoms with Gasteiger partial charge in [0.25, 0.3) is 0 Å². The van der Waals surface area contributed by atoms with Crippen molar-refractivity contribution in [2.75, 3.05) is 47.5 Å². The van der Waals surface area contributed by atoms with Gasteiger partial charge in [-0.2, -0.15) is 0 Å². The number of unbranched alkanes of at least 4 members (excludes halogenated alkanes) is 22. The van der Waals surface area contributed by atoms with E-state index in [-0.39, 0.29) is 32.0 Å². The lowest BCUT2D eigenvalue weighted by molar-refractivity contribution is -0.870. The fourth-order valence-electron chi connectivity index (χ4n) is 5.94. The zero-order valence-electron chi connectivity index (χ0n) is 35.7. The number of carbonyl (C=O) groups is 2. The second-order valence-corrected chi connectivity index (χ2v) is 17.5. The molecule has 0 aromatic heterocycles. The molecular formula is C44H85NO8P+. The molecule has 0 rings (SSSR count). The Labute approximate surface area is 332 Å². The van der Waals surface area contributed by atoms with Crippen LogP contribution in [-0.4, -0.2) is 74.9 Å². The number of quaternary nitrogens is 1. The van der Waals surface area contributed by atoms with E-state index in [1.807, 2.05) is 21.1 Å². The molecule has 0 radical (unpaired) electrons. The number of esters is 2. The molecule has 0 aromatic rings. The molecule has 0 aliphatic heterocycles. The van der Waals surface area contributed by atoms with Crippen LogP contribution in [0.2, 0.25) is 0 Å². The molecule has 10 heteroatoms. The third-order valence-corrected chi connectivity index (χ3v) is 10.4. The topological polar surface area (TPSA) is 108 Å². The fourth-order valence-corrected chi connectivity index (χ4v) is 6.69. The van der Waals surface area contributed by atoms with E-state index in [2.05, 4.69) is 38.2 Å². The highest BCUT2D eigenvalue weighted by Gasteiger charge is 2.27. The van der Waals surface area contributed by atoms with Crippen LogP contribution in [-0.2, 0) is 32.7 Å². The van der Waals surface area contributed by atoms with E-state index in [1.165, 1.54) is 103 Å². The molecule has 0 fully saturated rings. The van der Waals surface area contributed by atoms with Crippen molar-refractivity contribution in [3.63, 3.8) is 0 Å².